The Hall–Kier alpha value is -11.3. The zero-order valence-electron chi connectivity index (χ0n) is 69.7. The number of ether oxygens (including phenoxy) is 10. The van der Waals surface area contributed by atoms with Gasteiger partial charge >= 0.3 is 22.7 Å². The van der Waals surface area contributed by atoms with Gasteiger partial charge in [-0.1, -0.05) is 140 Å². The van der Waals surface area contributed by atoms with Crippen molar-refractivity contribution in [3.05, 3.63) is 248 Å². The molecule has 0 bridgehead atoms. The van der Waals surface area contributed by atoms with E-state index >= 15 is 0 Å². The monoisotopic (exact) mass is 1660 g/mol. The summed E-state index contributed by atoms with van der Waals surface area (Å²) in [5, 5.41) is 28.1. The average molecular weight is 1660 g/mol. The lowest BCUT2D eigenvalue weighted by Crippen LogP contribution is -2.41. The summed E-state index contributed by atoms with van der Waals surface area (Å²) >= 11 is 0. The number of methoxy groups -OCH3 is 4. The number of rotatable bonds is 33. The van der Waals surface area contributed by atoms with Crippen molar-refractivity contribution in [3.8, 4) is 63.2 Å². The minimum Gasteiger partial charge on any atom is -0.504 e. The van der Waals surface area contributed by atoms with Gasteiger partial charge in [0, 0.05) is 30.3 Å². The van der Waals surface area contributed by atoms with Crippen LogP contribution in [0.15, 0.2) is 170 Å². The molecule has 0 aromatic heterocycles. The quantitative estimate of drug-likeness (QED) is 0.00655. The second-order valence-electron chi connectivity index (χ2n) is 26.9. The van der Waals surface area contributed by atoms with Gasteiger partial charge in [0.05, 0.1) is 130 Å². The molecule has 0 radical (unpaired) electrons. The number of aldehydes is 5. The Morgan fingerprint density at radius 2 is 0.746 bits per heavy atom. The van der Waals surface area contributed by atoms with Crippen LogP contribution in [0.1, 0.15) is 150 Å². The third-order valence-corrected chi connectivity index (χ3v) is 18.8. The number of hydrogen-bond donors (Lipinski definition) is 3. The molecule has 0 spiro atoms. The Morgan fingerprint density at radius 3 is 1.14 bits per heavy atom. The molecule has 0 amide bonds. The van der Waals surface area contributed by atoms with Crippen LogP contribution in [-0.2, 0) is 53.5 Å². The van der Waals surface area contributed by atoms with E-state index in [1.807, 2.05) is 177 Å². The molecule has 636 valence electrons. The summed E-state index contributed by atoms with van der Waals surface area (Å²) < 4.78 is 147. The molecule has 1 fully saturated rings. The number of phenolic OH excluding ortho intramolecular Hbond substituents is 3. The molecule has 118 heavy (non-hydrogen) atoms. The van der Waals surface area contributed by atoms with Crippen molar-refractivity contribution < 1.29 is 128 Å². The fourth-order valence-electron chi connectivity index (χ4n) is 10.7. The number of benzene rings is 9. The number of aryl methyl sites for hydroxylation is 6. The van der Waals surface area contributed by atoms with Gasteiger partial charge in [-0.05, 0) is 150 Å². The van der Waals surface area contributed by atoms with E-state index in [9.17, 15) is 55.1 Å². The summed E-state index contributed by atoms with van der Waals surface area (Å²) in [6.07, 6.45) is 4.70. The van der Waals surface area contributed by atoms with E-state index in [0.29, 0.717) is 129 Å². The van der Waals surface area contributed by atoms with Crippen LogP contribution in [0.25, 0.3) is 0 Å². The molecular formula is C89H105BF4O23S. The summed E-state index contributed by atoms with van der Waals surface area (Å²) in [6, 6.07) is 51.4. The molecule has 9 aromatic carbocycles. The third-order valence-electron chi connectivity index (χ3n) is 17.8. The van der Waals surface area contributed by atoms with Crippen LogP contribution in [-0.4, -0.2) is 154 Å². The number of para-hydroxylation sites is 1. The number of aromatic hydroxyl groups is 3. The van der Waals surface area contributed by atoms with Gasteiger partial charge in [-0.15, -0.1) is 0 Å². The Kier molecular flexibility index (Phi) is 41.5. The Morgan fingerprint density at radius 1 is 0.398 bits per heavy atom. The predicted octanol–water partition coefficient (Wildman–Crippen LogP) is 17.3. The summed E-state index contributed by atoms with van der Waals surface area (Å²) in [5.41, 5.74) is 2.93. The standard InChI is InChI=1S/C24H31BO5.C19H19F3O6S.C18H20O4.C10H12O3.C9H12O2.C8H8O3.CH3F/c1-18-12-13-20(16-26)21(25-29-23(2,3)24(4,5)30-25)22(18)28-15-9-14-27-17-19-10-7-6-8-11-19;1-14-8-9-16(12-23)18(28-29(24,25)19(20,21)22)17(14)27-11-5-10-26-13-15-6-3-2-4-7-15;1-14-8-9-16(12-19)17(20)18(14)22-11-5-10-21-13-15-6-3-2-4-7-15;1-7-4-5-8(6-11)10(13-3)9(7)12-2;1-7-5-4-6-8(10-2)9(7)11-3;1-5-2-3-6(4-9)8(11)7(5)10;1-2/h6-8,10-13,16H,9,14-15,17H2,1-5H3;2-4,6-9,12H,5,10-11,13H2,1H3;2-4,6-9,12,20H,5,10-11,13H2,1H3;4-6H,1-3H3;4-6H,1-3H3;2-4,10-11H,1H3;1H3/i;;;;;;1D. The van der Waals surface area contributed by atoms with E-state index in [0.717, 1.165) is 75.5 Å². The molecular weight excluding hydrogens is 1560 g/mol. The Bertz CT molecular complexity index is 4740. The first-order chi connectivity index (χ1) is 56.7. The summed E-state index contributed by atoms with van der Waals surface area (Å²) in [6.45, 7) is 22.7. The van der Waals surface area contributed by atoms with Gasteiger partial charge < -0.3 is 76.2 Å². The van der Waals surface area contributed by atoms with E-state index < -0.39 is 46.9 Å². The highest BCUT2D eigenvalue weighted by Crippen LogP contribution is 2.41. The molecule has 3 N–H and O–H groups in total. The highest BCUT2D eigenvalue weighted by atomic mass is 32.2. The molecule has 0 aliphatic carbocycles. The number of alkyl halides is 4. The van der Waals surface area contributed by atoms with E-state index in [1.54, 1.807) is 58.6 Å². The van der Waals surface area contributed by atoms with E-state index in [2.05, 4.69) is 4.18 Å². The number of halogens is 4. The van der Waals surface area contributed by atoms with Gasteiger partial charge in [-0.2, -0.15) is 21.6 Å². The number of hydrogen-bond acceptors (Lipinski definition) is 23. The number of carbonyl (C=O) groups is 5. The van der Waals surface area contributed by atoms with Gasteiger partial charge in [0.2, 0.25) is 0 Å². The highest BCUT2D eigenvalue weighted by Gasteiger charge is 2.53. The summed E-state index contributed by atoms with van der Waals surface area (Å²) in [7, 11) is -1.26. The van der Waals surface area contributed by atoms with Crippen LogP contribution in [0.4, 0.5) is 17.6 Å². The molecule has 10 rings (SSSR count). The largest absolute Gasteiger partial charge is 0.534 e. The normalized spacial score (nSPS) is 12.2. The van der Waals surface area contributed by atoms with Crippen molar-refractivity contribution in [1.82, 2.24) is 0 Å². The third kappa shape index (κ3) is 30.0. The zero-order chi connectivity index (χ0) is 88.3. The van der Waals surface area contributed by atoms with Gasteiger partial charge in [0.25, 0.3) is 0 Å². The summed E-state index contributed by atoms with van der Waals surface area (Å²) in [4.78, 5) is 54.5. The molecule has 9 aromatic rings. The molecule has 0 unspecified atom stereocenters. The minimum atomic E-state index is -5.96. The highest BCUT2D eigenvalue weighted by molar-refractivity contribution is 7.88. The smallest absolute Gasteiger partial charge is 0.504 e. The average Bonchev–Trinajstić information content (AvgIpc) is 1.63. The van der Waals surface area contributed by atoms with E-state index in [4.69, 9.17) is 68.3 Å². The van der Waals surface area contributed by atoms with Crippen molar-refractivity contribution in [2.45, 2.75) is 125 Å². The zero-order valence-corrected chi connectivity index (χ0v) is 69.6. The number of carbonyl (C=O) groups excluding carboxylic acids is 5. The fraction of sp³-hybridized carbons (Fsp3) is 0.337. The molecule has 1 heterocycles. The van der Waals surface area contributed by atoms with Crippen LogP contribution in [0.5, 0.6) is 63.2 Å². The van der Waals surface area contributed by atoms with Gasteiger partial charge in [-0.25, -0.2) is 0 Å². The van der Waals surface area contributed by atoms with Gasteiger partial charge in [0.15, 0.2) is 82.6 Å². The first kappa shape index (κ1) is 97.2. The number of phenols is 3. The van der Waals surface area contributed by atoms with Crippen LogP contribution in [0, 0.1) is 41.5 Å². The molecule has 23 nitrogen and oxygen atoms in total. The topological polar surface area (TPSA) is 300 Å². The Balaban J connectivity index is 0.000000311. The van der Waals surface area contributed by atoms with Crippen LogP contribution in [0.3, 0.4) is 0 Å². The first-order valence-corrected chi connectivity index (χ1v) is 38.4. The second-order valence-corrected chi connectivity index (χ2v) is 28.4. The predicted molar refractivity (Wildman–Crippen MR) is 442 cm³/mol. The van der Waals surface area contributed by atoms with Gasteiger partial charge in [0.1, 0.15) is 12.0 Å². The lowest BCUT2D eigenvalue weighted by Gasteiger charge is -2.32. The van der Waals surface area contributed by atoms with Crippen molar-refractivity contribution in [3.63, 3.8) is 0 Å². The van der Waals surface area contributed by atoms with Crippen molar-refractivity contribution in [2.75, 3.05) is 75.2 Å². The lowest BCUT2D eigenvalue weighted by atomic mass is 9.74. The van der Waals surface area contributed by atoms with Crippen LogP contribution < -0.4 is 42.8 Å². The summed E-state index contributed by atoms with van der Waals surface area (Å²) in [5.74, 6) is 2.03. The molecule has 0 saturated carbocycles. The van der Waals surface area contributed by atoms with Crippen molar-refractivity contribution >= 4 is 54.1 Å². The Labute approximate surface area is 689 Å². The fourth-order valence-corrected chi connectivity index (χ4v) is 11.2. The molecule has 1 aliphatic rings. The maximum absolute atomic E-state index is 12.7. The van der Waals surface area contributed by atoms with Crippen LogP contribution >= 0.6 is 0 Å². The molecule has 1 saturated heterocycles. The van der Waals surface area contributed by atoms with Crippen molar-refractivity contribution in [2.24, 2.45) is 0 Å². The minimum absolute atomic E-state index is 0.0143. The first-order valence-electron chi connectivity index (χ1n) is 37.7. The van der Waals surface area contributed by atoms with Crippen LogP contribution in [0.2, 0.25) is 0 Å². The van der Waals surface area contributed by atoms with Gasteiger partial charge in [-0.3, -0.25) is 28.4 Å². The SMILES string of the molecule is COc1c(C)ccc(C=O)c1OC.COc1cccc(C)c1OC.Cc1ccc(C=O)c(B2OC(C)(C)C(C)(C)O2)c1OCCCOCc1ccccc1.Cc1ccc(C=O)c(O)c1O.Cc1ccc(C=O)c(O)c1OCCCOCc1ccccc1.Cc1ccc(C=O)c(OS(=O)(=O)C(F)(F)F)c1OCCCOCc1ccccc1.[2H]CF. The molecule has 0 atom stereocenters. The molecule has 1 aliphatic heterocycles. The maximum atomic E-state index is 12.7. The van der Waals surface area contributed by atoms with E-state index in [-0.39, 0.29) is 52.6 Å². The van der Waals surface area contributed by atoms with E-state index in [1.165, 1.54) is 26.2 Å². The second kappa shape index (κ2) is 50.3. The molecule has 29 heteroatoms. The van der Waals surface area contributed by atoms with Crippen molar-refractivity contribution in [1.29, 1.82) is 0 Å². The maximum Gasteiger partial charge on any atom is 0.534 e. The lowest BCUT2D eigenvalue weighted by molar-refractivity contribution is -0.0501.